The van der Waals surface area contributed by atoms with Gasteiger partial charge in [0, 0.05) is 13.0 Å². The number of amidine groups is 1. The van der Waals surface area contributed by atoms with E-state index in [9.17, 15) is 0 Å². The van der Waals surface area contributed by atoms with Crippen molar-refractivity contribution >= 4 is 5.84 Å². The average Bonchev–Trinajstić information content (AvgIpc) is 3.17. The van der Waals surface area contributed by atoms with Gasteiger partial charge in [0.15, 0.2) is 0 Å². The molecular weight excluding hydrogens is 238 g/mol. The molecule has 4 N–H and O–H groups in total. The molecule has 0 aromatic carbocycles. The van der Waals surface area contributed by atoms with Gasteiger partial charge in [-0.15, -0.1) is 0 Å². The van der Waals surface area contributed by atoms with Crippen molar-refractivity contribution in [3.63, 3.8) is 0 Å². The third kappa shape index (κ3) is 4.68. The zero-order valence-corrected chi connectivity index (χ0v) is 12.2. The zero-order valence-electron chi connectivity index (χ0n) is 12.2. The van der Waals surface area contributed by atoms with Gasteiger partial charge in [0.2, 0.25) is 0 Å². The first-order valence-corrected chi connectivity index (χ1v) is 7.81. The van der Waals surface area contributed by atoms with Crippen LogP contribution in [0, 0.1) is 17.3 Å². The number of rotatable bonds is 7. The second-order valence-corrected chi connectivity index (χ2v) is 6.86. The topological polar surface area (TPSA) is 70.6 Å². The Kier molecular flexibility index (Phi) is 5.08. The summed E-state index contributed by atoms with van der Waals surface area (Å²) in [6.45, 7) is 4.52. The molecule has 2 fully saturated rings. The molecule has 0 radical (unpaired) electrons. The smallest absolute Gasteiger partial charge is 0.139 e. The van der Waals surface area contributed by atoms with E-state index in [1.165, 1.54) is 44.9 Å². The van der Waals surface area contributed by atoms with Gasteiger partial charge in [0.25, 0.3) is 0 Å². The minimum absolute atomic E-state index is 0.289. The van der Waals surface area contributed by atoms with Crippen LogP contribution < -0.4 is 11.1 Å². The molecule has 19 heavy (non-hydrogen) atoms. The normalized spacial score (nSPS) is 30.3. The van der Waals surface area contributed by atoms with Gasteiger partial charge >= 0.3 is 0 Å². The summed E-state index contributed by atoms with van der Waals surface area (Å²) in [6, 6.07) is 0. The Hall–Kier alpha value is -0.770. The van der Waals surface area contributed by atoms with Crippen molar-refractivity contribution in [2.75, 3.05) is 13.1 Å². The molecule has 0 unspecified atom stereocenters. The molecule has 0 aromatic rings. The van der Waals surface area contributed by atoms with Gasteiger partial charge in [-0.2, -0.15) is 0 Å². The van der Waals surface area contributed by atoms with E-state index in [-0.39, 0.29) is 5.41 Å². The van der Waals surface area contributed by atoms with Crippen LogP contribution in [0.2, 0.25) is 0 Å². The number of nitrogens with two attached hydrogens (primary N) is 1. The molecule has 2 saturated carbocycles. The number of nitrogens with one attached hydrogen (secondary N) is 1. The van der Waals surface area contributed by atoms with Crippen LogP contribution in [-0.4, -0.2) is 24.1 Å². The Labute approximate surface area is 116 Å². The summed E-state index contributed by atoms with van der Waals surface area (Å²) in [5, 5.41) is 15.3. The Bertz CT molecular complexity index is 305. The van der Waals surface area contributed by atoms with Crippen molar-refractivity contribution in [1.82, 2.24) is 5.32 Å². The Morgan fingerprint density at radius 3 is 2.58 bits per heavy atom. The van der Waals surface area contributed by atoms with Crippen molar-refractivity contribution in [2.24, 2.45) is 28.1 Å². The van der Waals surface area contributed by atoms with Crippen LogP contribution in [0.3, 0.4) is 0 Å². The maximum atomic E-state index is 8.63. The molecule has 4 nitrogen and oxygen atoms in total. The molecule has 0 saturated heterocycles. The average molecular weight is 267 g/mol. The minimum atomic E-state index is 0.289. The molecule has 0 bridgehead atoms. The summed E-state index contributed by atoms with van der Waals surface area (Å²) in [5.74, 6) is 2.25. The van der Waals surface area contributed by atoms with E-state index < -0.39 is 0 Å². The predicted molar refractivity (Wildman–Crippen MR) is 78.3 cm³/mol. The first kappa shape index (κ1) is 14.6. The molecule has 0 heterocycles. The quantitative estimate of drug-likeness (QED) is 0.218. The fraction of sp³-hybridized carbons (Fsp3) is 0.933. The van der Waals surface area contributed by atoms with E-state index in [0.29, 0.717) is 5.84 Å². The van der Waals surface area contributed by atoms with Crippen LogP contribution in [0.25, 0.3) is 0 Å². The molecule has 2 rings (SSSR count). The molecular formula is C15H29N3O. The Morgan fingerprint density at radius 2 is 2.00 bits per heavy atom. The lowest BCUT2D eigenvalue weighted by molar-refractivity contribution is 0.273. The number of oxime groups is 1. The van der Waals surface area contributed by atoms with Crippen LogP contribution >= 0.6 is 0 Å². The maximum absolute atomic E-state index is 8.63. The highest BCUT2D eigenvalue weighted by Gasteiger charge is 2.42. The van der Waals surface area contributed by atoms with E-state index >= 15 is 0 Å². The molecule has 2 aliphatic carbocycles. The third-order valence-electron chi connectivity index (χ3n) is 5.01. The summed E-state index contributed by atoms with van der Waals surface area (Å²) >= 11 is 0. The molecule has 0 amide bonds. The van der Waals surface area contributed by atoms with Gasteiger partial charge in [-0.05, 0) is 43.1 Å². The van der Waals surface area contributed by atoms with Crippen molar-refractivity contribution in [3.8, 4) is 0 Å². The summed E-state index contributed by atoms with van der Waals surface area (Å²) in [5.41, 5.74) is 5.89. The first-order valence-electron chi connectivity index (χ1n) is 7.81. The largest absolute Gasteiger partial charge is 0.409 e. The fourth-order valence-corrected chi connectivity index (χ4v) is 3.29. The monoisotopic (exact) mass is 267 g/mol. The number of hydrogen-bond acceptors (Lipinski definition) is 3. The van der Waals surface area contributed by atoms with Crippen LogP contribution in [-0.2, 0) is 0 Å². The lowest BCUT2D eigenvalue weighted by Crippen LogP contribution is -2.30. The first-order chi connectivity index (χ1) is 9.13. The Morgan fingerprint density at radius 1 is 1.32 bits per heavy atom. The standard InChI is InChI=1S/C15H29N3O/c1-12-2-4-13(5-3-12)6-9-17-11-15(7-8-15)10-14(16)18-19/h12-13,17,19H,2-11H2,1H3,(H2,16,18). The third-order valence-corrected chi connectivity index (χ3v) is 5.01. The van der Waals surface area contributed by atoms with E-state index in [0.717, 1.165) is 31.3 Å². The number of hydrogen-bond donors (Lipinski definition) is 3. The second-order valence-electron chi connectivity index (χ2n) is 6.86. The molecule has 4 heteroatoms. The number of nitrogens with zero attached hydrogens (tertiary/aromatic N) is 1. The van der Waals surface area contributed by atoms with Crippen molar-refractivity contribution in [1.29, 1.82) is 0 Å². The van der Waals surface area contributed by atoms with Crippen LogP contribution in [0.15, 0.2) is 5.16 Å². The van der Waals surface area contributed by atoms with Gasteiger partial charge in [-0.25, -0.2) is 0 Å². The van der Waals surface area contributed by atoms with Gasteiger partial charge in [-0.3, -0.25) is 0 Å². The molecule has 0 aliphatic heterocycles. The van der Waals surface area contributed by atoms with Gasteiger partial charge in [-0.1, -0.05) is 37.8 Å². The second kappa shape index (κ2) is 6.60. The van der Waals surface area contributed by atoms with Gasteiger partial charge in [0.1, 0.15) is 5.84 Å². The minimum Gasteiger partial charge on any atom is -0.409 e. The SMILES string of the molecule is CC1CCC(CCNCC2(CC(N)=NO)CC2)CC1. The van der Waals surface area contributed by atoms with E-state index in [2.05, 4.69) is 17.4 Å². The fourth-order valence-electron chi connectivity index (χ4n) is 3.29. The molecule has 0 spiro atoms. The van der Waals surface area contributed by atoms with Crippen LogP contribution in [0.1, 0.15) is 58.3 Å². The Balaban J connectivity index is 1.57. The predicted octanol–water partition coefficient (Wildman–Crippen LogP) is 2.71. The highest BCUT2D eigenvalue weighted by atomic mass is 16.4. The molecule has 110 valence electrons. The zero-order chi connectivity index (χ0) is 13.7. The van der Waals surface area contributed by atoms with Crippen molar-refractivity contribution in [2.45, 2.75) is 58.3 Å². The molecule has 0 aromatic heterocycles. The lowest BCUT2D eigenvalue weighted by Gasteiger charge is -2.26. The van der Waals surface area contributed by atoms with E-state index in [4.69, 9.17) is 10.9 Å². The van der Waals surface area contributed by atoms with E-state index in [1.54, 1.807) is 0 Å². The molecule has 2 aliphatic rings. The van der Waals surface area contributed by atoms with Crippen molar-refractivity contribution in [3.05, 3.63) is 0 Å². The highest BCUT2D eigenvalue weighted by Crippen LogP contribution is 2.48. The summed E-state index contributed by atoms with van der Waals surface area (Å²) in [4.78, 5) is 0. The van der Waals surface area contributed by atoms with Crippen LogP contribution in [0.5, 0.6) is 0 Å². The maximum Gasteiger partial charge on any atom is 0.139 e. The van der Waals surface area contributed by atoms with Crippen molar-refractivity contribution < 1.29 is 5.21 Å². The summed E-state index contributed by atoms with van der Waals surface area (Å²) < 4.78 is 0. The van der Waals surface area contributed by atoms with Crippen LogP contribution in [0.4, 0.5) is 0 Å². The summed E-state index contributed by atoms with van der Waals surface area (Å²) in [7, 11) is 0. The highest BCUT2D eigenvalue weighted by molar-refractivity contribution is 5.80. The molecule has 0 atom stereocenters. The summed E-state index contributed by atoms with van der Waals surface area (Å²) in [6.07, 6.45) is 10.1. The van der Waals surface area contributed by atoms with Gasteiger partial charge < -0.3 is 16.3 Å². The van der Waals surface area contributed by atoms with E-state index in [1.807, 2.05) is 0 Å². The lowest BCUT2D eigenvalue weighted by atomic mass is 9.81. The van der Waals surface area contributed by atoms with Gasteiger partial charge in [0.05, 0.1) is 0 Å².